The van der Waals surface area contributed by atoms with Gasteiger partial charge in [0.2, 0.25) is 6.41 Å². The van der Waals surface area contributed by atoms with Crippen molar-refractivity contribution >= 4 is 35.8 Å². The lowest BCUT2D eigenvalue weighted by Crippen LogP contribution is -2.20. The van der Waals surface area contributed by atoms with E-state index >= 15 is 0 Å². The molecule has 0 bridgehead atoms. The van der Waals surface area contributed by atoms with E-state index in [0.29, 0.717) is 23.3 Å². The van der Waals surface area contributed by atoms with Gasteiger partial charge >= 0.3 is 5.97 Å². The molecule has 0 atom stereocenters. The van der Waals surface area contributed by atoms with E-state index < -0.39 is 5.97 Å². The summed E-state index contributed by atoms with van der Waals surface area (Å²) in [6, 6.07) is 13.7. The summed E-state index contributed by atoms with van der Waals surface area (Å²) in [5.74, 6) is -0.685. The molecule has 0 aromatic heterocycles. The molecule has 0 saturated heterocycles. The predicted molar refractivity (Wildman–Crippen MR) is 97.0 cm³/mol. The van der Waals surface area contributed by atoms with E-state index in [2.05, 4.69) is 21.4 Å². The van der Waals surface area contributed by atoms with E-state index in [9.17, 15) is 9.59 Å². The summed E-state index contributed by atoms with van der Waals surface area (Å²) in [5.41, 5.74) is 8.53. The third kappa shape index (κ3) is 4.68. The molecule has 1 radical (unpaired) electrons. The first kappa shape index (κ1) is 17.7. The molecule has 1 amide bonds. The van der Waals surface area contributed by atoms with Gasteiger partial charge < -0.3 is 21.1 Å². The Bertz CT molecular complexity index is 831. The van der Waals surface area contributed by atoms with Crippen LogP contribution < -0.4 is 16.4 Å². The number of hydrogen-bond donors (Lipinski definition) is 4. The fraction of sp³-hybridized carbons (Fsp3) is 0.0556. The molecule has 2 aromatic carbocycles. The highest BCUT2D eigenvalue weighted by atomic mass is 16.5. The molecule has 25 heavy (non-hydrogen) atoms. The molecule has 0 spiro atoms. The second-order valence-corrected chi connectivity index (χ2v) is 4.92. The average Bonchev–Trinajstić information content (AvgIpc) is 2.60. The second kappa shape index (κ2) is 8.30. The Labute approximate surface area is 145 Å². The van der Waals surface area contributed by atoms with Gasteiger partial charge in [-0.25, -0.2) is 4.79 Å². The van der Waals surface area contributed by atoms with Crippen molar-refractivity contribution in [2.24, 2.45) is 5.73 Å². The van der Waals surface area contributed by atoms with Crippen LogP contribution in [-0.4, -0.2) is 25.4 Å². The predicted octanol–water partition coefficient (Wildman–Crippen LogP) is 2.21. The maximum atomic E-state index is 11.3. The number of guanidine groups is 1. The summed E-state index contributed by atoms with van der Waals surface area (Å²) in [7, 11) is 1.28. The number of hydrogen-bond acceptors (Lipinski definition) is 4. The minimum atomic E-state index is -0.511. The second-order valence-electron chi connectivity index (χ2n) is 4.92. The van der Waals surface area contributed by atoms with Gasteiger partial charge in [0.15, 0.2) is 5.96 Å². The van der Waals surface area contributed by atoms with Gasteiger partial charge in [0.1, 0.15) is 0 Å². The molecule has 7 nitrogen and oxygen atoms in total. The molecule has 0 aliphatic carbocycles. The van der Waals surface area contributed by atoms with E-state index in [0.717, 1.165) is 11.1 Å². The van der Waals surface area contributed by atoms with E-state index in [4.69, 9.17) is 11.1 Å². The summed E-state index contributed by atoms with van der Waals surface area (Å²) in [4.78, 5) is 22.3. The van der Waals surface area contributed by atoms with Gasteiger partial charge in [0.05, 0.1) is 12.8 Å². The van der Waals surface area contributed by atoms with Crippen molar-refractivity contribution in [3.8, 4) is 11.1 Å². The molecular weight excluding hydrogens is 320 g/mol. The van der Waals surface area contributed by atoms with Crippen LogP contribution in [0.3, 0.4) is 0 Å². The summed E-state index contributed by atoms with van der Waals surface area (Å²) in [6.07, 6.45) is 3.32. The molecule has 5 N–H and O–H groups in total. The monoisotopic (exact) mass is 337 g/mol. The van der Waals surface area contributed by atoms with Crippen molar-refractivity contribution in [3.05, 3.63) is 54.1 Å². The summed E-state index contributed by atoms with van der Waals surface area (Å²) < 4.78 is 4.57. The number of methoxy groups -OCH3 is 1. The van der Waals surface area contributed by atoms with Gasteiger partial charge in [-0.1, -0.05) is 24.3 Å². The van der Waals surface area contributed by atoms with Crippen LogP contribution in [0.15, 0.2) is 42.5 Å². The normalized spacial score (nSPS) is 10.3. The first-order valence-corrected chi connectivity index (χ1v) is 7.27. The molecule has 0 aliphatic rings. The van der Waals surface area contributed by atoms with Gasteiger partial charge in [0.25, 0.3) is 0 Å². The highest BCUT2D eigenvalue weighted by molar-refractivity contribution is 5.95. The lowest BCUT2D eigenvalue weighted by Gasteiger charge is -2.13. The number of anilines is 2. The first-order chi connectivity index (χ1) is 12.0. The maximum Gasteiger partial charge on any atom is 0.330 e. The van der Waals surface area contributed by atoms with Crippen molar-refractivity contribution in [1.29, 1.82) is 5.41 Å². The van der Waals surface area contributed by atoms with E-state index in [1.807, 2.05) is 6.07 Å². The summed E-state index contributed by atoms with van der Waals surface area (Å²) in [5, 5.41) is 12.7. The summed E-state index contributed by atoms with van der Waals surface area (Å²) >= 11 is 0. The van der Waals surface area contributed by atoms with Crippen LogP contribution in [0, 0.1) is 11.5 Å². The highest BCUT2D eigenvalue weighted by Crippen LogP contribution is 2.32. The number of nitrogens with one attached hydrogen (secondary N) is 3. The number of rotatable bonds is 6. The number of nitrogens with two attached hydrogens (primary N) is 1. The maximum absolute atomic E-state index is 11.3. The van der Waals surface area contributed by atoms with Gasteiger partial charge in [-0.05, 0) is 29.8 Å². The fourth-order valence-corrected chi connectivity index (χ4v) is 2.24. The summed E-state index contributed by atoms with van der Waals surface area (Å²) in [6.45, 7) is 0. The Morgan fingerprint density at radius 2 is 2.16 bits per heavy atom. The highest BCUT2D eigenvalue weighted by Gasteiger charge is 2.10. The Kier molecular flexibility index (Phi) is 5.89. The Morgan fingerprint density at radius 1 is 1.36 bits per heavy atom. The molecule has 2 rings (SSSR count). The molecule has 7 heteroatoms. The van der Waals surface area contributed by atoms with Crippen LogP contribution in [0.4, 0.5) is 11.4 Å². The van der Waals surface area contributed by atoms with Crippen molar-refractivity contribution in [3.63, 3.8) is 0 Å². The SMILES string of the molecule is COC(=O)C=Cc1[c]ccc(-c2cccc(NC(=N)N)c2)c1NC=O. The first-order valence-electron chi connectivity index (χ1n) is 7.27. The van der Waals surface area contributed by atoms with Gasteiger partial charge in [-0.2, -0.15) is 0 Å². The molecule has 2 aromatic rings. The van der Waals surface area contributed by atoms with Crippen molar-refractivity contribution < 1.29 is 14.3 Å². The molecular formula is C18H17N4O3. The number of carbonyl (C=O) groups is 2. The number of carbonyl (C=O) groups excluding carboxylic acids is 2. The Balaban J connectivity index is 2.50. The lowest BCUT2D eigenvalue weighted by molar-refractivity contribution is -0.134. The topological polar surface area (TPSA) is 117 Å². The minimum absolute atomic E-state index is 0.175. The van der Waals surface area contributed by atoms with Crippen molar-refractivity contribution in [2.45, 2.75) is 0 Å². The van der Waals surface area contributed by atoms with Crippen LogP contribution in [0.2, 0.25) is 0 Å². The van der Waals surface area contributed by atoms with Gasteiger partial charge in [-0.3, -0.25) is 10.2 Å². The number of esters is 1. The zero-order valence-electron chi connectivity index (χ0n) is 13.5. The van der Waals surface area contributed by atoms with Crippen LogP contribution in [0.1, 0.15) is 5.56 Å². The lowest BCUT2D eigenvalue weighted by atomic mass is 9.99. The minimum Gasteiger partial charge on any atom is -0.466 e. The van der Waals surface area contributed by atoms with Crippen LogP contribution in [0.5, 0.6) is 0 Å². The van der Waals surface area contributed by atoms with Crippen LogP contribution >= 0.6 is 0 Å². The third-order valence-electron chi connectivity index (χ3n) is 3.27. The van der Waals surface area contributed by atoms with E-state index in [1.54, 1.807) is 30.3 Å². The quantitative estimate of drug-likeness (QED) is 0.212. The molecule has 127 valence electrons. The van der Waals surface area contributed by atoms with Crippen LogP contribution in [-0.2, 0) is 14.3 Å². The number of amides is 1. The zero-order chi connectivity index (χ0) is 18.2. The molecule has 0 unspecified atom stereocenters. The molecule has 0 saturated carbocycles. The van der Waals surface area contributed by atoms with E-state index in [-0.39, 0.29) is 5.96 Å². The fourth-order valence-electron chi connectivity index (χ4n) is 2.24. The van der Waals surface area contributed by atoms with Crippen molar-refractivity contribution in [1.82, 2.24) is 0 Å². The average molecular weight is 337 g/mol. The smallest absolute Gasteiger partial charge is 0.330 e. The molecule has 0 heterocycles. The largest absolute Gasteiger partial charge is 0.466 e. The number of ether oxygens (including phenoxy) is 1. The number of benzene rings is 2. The Hall–Kier alpha value is -3.61. The van der Waals surface area contributed by atoms with E-state index in [1.165, 1.54) is 19.3 Å². The Morgan fingerprint density at radius 3 is 2.84 bits per heavy atom. The zero-order valence-corrected chi connectivity index (χ0v) is 13.5. The molecule has 0 fully saturated rings. The van der Waals surface area contributed by atoms with Crippen molar-refractivity contribution in [2.75, 3.05) is 17.7 Å². The third-order valence-corrected chi connectivity index (χ3v) is 3.27. The standard InChI is InChI=1S/C18H17N4O3/c1-25-16(24)9-8-12-4-3-7-15(17(12)21-11-23)13-5-2-6-14(10-13)22-18(19)20/h2-3,5-11H,1H3,(H,21,23)(H4,19,20,22). The van der Waals surface area contributed by atoms with Gasteiger partial charge in [0, 0.05) is 22.9 Å². The van der Waals surface area contributed by atoms with Gasteiger partial charge in [-0.15, -0.1) is 0 Å². The van der Waals surface area contributed by atoms with Crippen LogP contribution in [0.25, 0.3) is 17.2 Å². The molecule has 0 aliphatic heterocycles.